The summed E-state index contributed by atoms with van der Waals surface area (Å²) in [5, 5.41) is 2.47. The lowest BCUT2D eigenvalue weighted by atomic mass is 10.2. The maximum Gasteiger partial charge on any atom is 0.244 e. The Hall–Kier alpha value is -2.58. The molecule has 0 bridgehead atoms. The molecule has 1 amide bonds. The first-order valence-electron chi connectivity index (χ1n) is 8.78. The average molecular weight is 408 g/mol. The van der Waals surface area contributed by atoms with Gasteiger partial charge in [-0.15, -0.1) is 0 Å². The third-order valence-corrected chi connectivity index (χ3v) is 6.18. The van der Waals surface area contributed by atoms with Crippen molar-refractivity contribution in [3.63, 3.8) is 0 Å². The molecule has 1 N–H and O–H groups in total. The van der Waals surface area contributed by atoms with E-state index in [1.54, 1.807) is 26.0 Å². The summed E-state index contributed by atoms with van der Waals surface area (Å²) in [5.74, 6) is -1.67. The van der Waals surface area contributed by atoms with Crippen molar-refractivity contribution >= 4 is 22.0 Å². The number of amides is 1. The Balaban J connectivity index is 2.00. The molecule has 8 heteroatoms. The Bertz CT molecular complexity index is 954. The predicted octanol–water partition coefficient (Wildman–Crippen LogP) is 3.32. The van der Waals surface area contributed by atoms with Crippen molar-refractivity contribution in [3.8, 4) is 0 Å². The van der Waals surface area contributed by atoms with Crippen molar-refractivity contribution in [2.75, 3.05) is 13.1 Å². The van der Waals surface area contributed by atoms with Gasteiger partial charge in [-0.05, 0) is 42.0 Å². The Kier molecular flexibility index (Phi) is 7.42. The maximum absolute atomic E-state index is 13.5. The molecule has 0 aliphatic heterocycles. The molecular weight excluding hydrogens is 386 g/mol. The highest BCUT2D eigenvalue weighted by Gasteiger charge is 2.20. The minimum atomic E-state index is -3.53. The first-order chi connectivity index (χ1) is 13.3. The minimum Gasteiger partial charge on any atom is -0.348 e. The summed E-state index contributed by atoms with van der Waals surface area (Å²) in [4.78, 5) is 12.0. The molecule has 2 rings (SSSR count). The van der Waals surface area contributed by atoms with Crippen molar-refractivity contribution in [1.29, 1.82) is 0 Å². The summed E-state index contributed by atoms with van der Waals surface area (Å²) in [6.07, 6.45) is 2.75. The highest BCUT2D eigenvalue weighted by molar-refractivity contribution is 7.89. The van der Waals surface area contributed by atoms with E-state index in [2.05, 4.69) is 5.32 Å². The Morgan fingerprint density at radius 3 is 2.32 bits per heavy atom. The number of benzene rings is 2. The number of carbonyl (C=O) groups is 1. The number of nitrogens with zero attached hydrogens (tertiary/aromatic N) is 1. The number of nitrogens with one attached hydrogen (secondary N) is 1. The molecule has 0 aromatic heterocycles. The largest absolute Gasteiger partial charge is 0.348 e. The summed E-state index contributed by atoms with van der Waals surface area (Å²) in [6, 6.07) is 9.17. The van der Waals surface area contributed by atoms with Crippen LogP contribution in [0.2, 0.25) is 0 Å². The van der Waals surface area contributed by atoms with Gasteiger partial charge in [0.05, 0.1) is 4.90 Å². The quantitative estimate of drug-likeness (QED) is 0.682. The van der Waals surface area contributed by atoms with Crippen LogP contribution in [0.25, 0.3) is 6.08 Å². The number of hydrogen-bond donors (Lipinski definition) is 1. The fourth-order valence-electron chi connectivity index (χ4n) is 2.56. The zero-order valence-electron chi connectivity index (χ0n) is 15.7. The molecule has 0 fully saturated rings. The van der Waals surface area contributed by atoms with Crippen molar-refractivity contribution in [2.45, 2.75) is 25.3 Å². The zero-order valence-corrected chi connectivity index (χ0v) is 16.5. The highest BCUT2D eigenvalue weighted by Crippen LogP contribution is 2.16. The fraction of sp³-hybridized carbons (Fsp3) is 0.250. The van der Waals surface area contributed by atoms with E-state index >= 15 is 0 Å². The zero-order chi connectivity index (χ0) is 20.7. The number of hydrogen-bond acceptors (Lipinski definition) is 3. The molecule has 0 heterocycles. The topological polar surface area (TPSA) is 66.5 Å². The molecule has 0 aliphatic carbocycles. The standard InChI is InChI=1S/C20H22F2N2O3S/c1-3-24(4-2)28(26,27)18-9-5-15(6-10-18)7-12-20(25)23-14-16-13-17(21)8-11-19(16)22/h5-13H,3-4,14H2,1-2H3,(H,23,25)/b12-7+. The molecule has 0 saturated heterocycles. The maximum atomic E-state index is 13.5. The van der Waals surface area contributed by atoms with Gasteiger partial charge in [0, 0.05) is 31.3 Å². The second kappa shape index (κ2) is 9.57. The molecule has 5 nitrogen and oxygen atoms in total. The third kappa shape index (κ3) is 5.46. The van der Waals surface area contributed by atoms with Crippen LogP contribution in [-0.2, 0) is 21.4 Å². The van der Waals surface area contributed by atoms with E-state index < -0.39 is 27.6 Å². The second-order valence-corrected chi connectivity index (χ2v) is 7.88. The molecule has 0 unspecified atom stereocenters. The van der Waals surface area contributed by atoms with E-state index in [1.165, 1.54) is 28.6 Å². The molecular formula is C20H22F2N2O3S. The SMILES string of the molecule is CCN(CC)S(=O)(=O)c1ccc(/C=C/C(=O)NCc2cc(F)ccc2F)cc1. The van der Waals surface area contributed by atoms with Gasteiger partial charge in [0.1, 0.15) is 11.6 Å². The smallest absolute Gasteiger partial charge is 0.244 e. The van der Waals surface area contributed by atoms with Crippen LogP contribution in [0.1, 0.15) is 25.0 Å². The summed E-state index contributed by atoms with van der Waals surface area (Å²) in [7, 11) is -3.53. The lowest BCUT2D eigenvalue weighted by Crippen LogP contribution is -2.30. The van der Waals surface area contributed by atoms with Gasteiger partial charge in [0.25, 0.3) is 0 Å². The molecule has 150 valence electrons. The van der Waals surface area contributed by atoms with Gasteiger partial charge in [0.15, 0.2) is 0 Å². The van der Waals surface area contributed by atoms with E-state index in [0.29, 0.717) is 18.7 Å². The molecule has 0 spiro atoms. The van der Waals surface area contributed by atoms with Gasteiger partial charge in [-0.2, -0.15) is 4.31 Å². The Labute approximate surface area is 163 Å². The van der Waals surface area contributed by atoms with Crippen molar-refractivity contribution in [1.82, 2.24) is 9.62 Å². The summed E-state index contributed by atoms with van der Waals surface area (Å²) < 4.78 is 52.9. The van der Waals surface area contributed by atoms with Gasteiger partial charge in [-0.1, -0.05) is 26.0 Å². The van der Waals surface area contributed by atoms with Crippen molar-refractivity contribution in [3.05, 3.63) is 71.3 Å². The van der Waals surface area contributed by atoms with Crippen LogP contribution in [0.5, 0.6) is 0 Å². The lowest BCUT2D eigenvalue weighted by Gasteiger charge is -2.18. The molecule has 0 radical (unpaired) electrons. The molecule has 2 aromatic rings. The fourth-order valence-corrected chi connectivity index (χ4v) is 4.01. The van der Waals surface area contributed by atoms with Gasteiger partial charge in [0.2, 0.25) is 15.9 Å². The molecule has 0 aliphatic rings. The van der Waals surface area contributed by atoms with E-state index in [1.807, 2.05) is 0 Å². The van der Waals surface area contributed by atoms with Crippen molar-refractivity contribution < 1.29 is 22.0 Å². The first-order valence-corrected chi connectivity index (χ1v) is 10.2. The summed E-state index contributed by atoms with van der Waals surface area (Å²) in [5.41, 5.74) is 0.679. The van der Waals surface area contributed by atoms with Crippen LogP contribution in [0.4, 0.5) is 8.78 Å². The Morgan fingerprint density at radius 2 is 1.71 bits per heavy atom. The van der Waals surface area contributed by atoms with Crippen LogP contribution in [-0.4, -0.2) is 31.7 Å². The number of halogens is 2. The lowest BCUT2D eigenvalue weighted by molar-refractivity contribution is -0.116. The average Bonchev–Trinajstić information content (AvgIpc) is 2.68. The second-order valence-electron chi connectivity index (χ2n) is 5.95. The third-order valence-electron chi connectivity index (χ3n) is 4.11. The monoisotopic (exact) mass is 408 g/mol. The number of carbonyl (C=O) groups excluding carboxylic acids is 1. The summed E-state index contributed by atoms with van der Waals surface area (Å²) in [6.45, 7) is 4.16. The van der Waals surface area contributed by atoms with Crippen LogP contribution in [0.15, 0.2) is 53.4 Å². The van der Waals surface area contributed by atoms with Crippen LogP contribution in [0.3, 0.4) is 0 Å². The predicted molar refractivity (Wildman–Crippen MR) is 104 cm³/mol. The summed E-state index contributed by atoms with van der Waals surface area (Å²) >= 11 is 0. The highest BCUT2D eigenvalue weighted by atomic mass is 32.2. The van der Waals surface area contributed by atoms with Crippen molar-refractivity contribution in [2.24, 2.45) is 0 Å². The van der Waals surface area contributed by atoms with Gasteiger partial charge < -0.3 is 5.32 Å². The number of sulfonamides is 1. The Morgan fingerprint density at radius 1 is 1.07 bits per heavy atom. The van der Waals surface area contributed by atoms with Crippen LogP contribution < -0.4 is 5.32 Å². The van der Waals surface area contributed by atoms with Gasteiger partial charge in [-0.3, -0.25) is 4.79 Å². The van der Waals surface area contributed by atoms with E-state index in [9.17, 15) is 22.0 Å². The van der Waals surface area contributed by atoms with Gasteiger partial charge >= 0.3 is 0 Å². The number of rotatable bonds is 8. The van der Waals surface area contributed by atoms with E-state index in [0.717, 1.165) is 18.2 Å². The molecule has 0 saturated carbocycles. The van der Waals surface area contributed by atoms with Gasteiger partial charge in [-0.25, -0.2) is 17.2 Å². The minimum absolute atomic E-state index is 0.0488. The van der Waals surface area contributed by atoms with E-state index in [-0.39, 0.29) is 17.0 Å². The molecule has 28 heavy (non-hydrogen) atoms. The van der Waals surface area contributed by atoms with Crippen LogP contribution >= 0.6 is 0 Å². The normalized spacial score (nSPS) is 11.9. The van der Waals surface area contributed by atoms with Crippen LogP contribution in [0, 0.1) is 11.6 Å². The first kappa shape index (κ1) is 21.7. The van der Waals surface area contributed by atoms with E-state index in [4.69, 9.17) is 0 Å². The molecule has 0 atom stereocenters. The molecule has 2 aromatic carbocycles.